The topological polar surface area (TPSA) is 68.5 Å². The quantitative estimate of drug-likeness (QED) is 0.0837. The summed E-state index contributed by atoms with van der Waals surface area (Å²) in [4.78, 5) is 25.0. The van der Waals surface area contributed by atoms with Gasteiger partial charge < -0.3 is 14.4 Å². The molecule has 1 aromatic heterocycles. The van der Waals surface area contributed by atoms with Crippen LogP contribution in [0.4, 0.5) is 4.79 Å². The van der Waals surface area contributed by atoms with Crippen molar-refractivity contribution in [3.8, 4) is 5.88 Å². The van der Waals surface area contributed by atoms with Crippen molar-refractivity contribution in [2.24, 2.45) is 0 Å². The summed E-state index contributed by atoms with van der Waals surface area (Å²) in [6.45, 7) is 2.63. The zero-order chi connectivity index (χ0) is 28.6. The summed E-state index contributed by atoms with van der Waals surface area (Å²) in [6.07, 6.45) is 18.0. The lowest BCUT2D eigenvalue weighted by atomic mass is 10.0. The maximum absolute atomic E-state index is 13.4. The Hall–Kier alpha value is -2.79. The van der Waals surface area contributed by atoms with Crippen molar-refractivity contribution in [1.82, 2.24) is 4.57 Å². The molecule has 5 nitrogen and oxygen atoms in total. The molecule has 3 rings (SSSR count). The number of hydrogen-bond acceptors (Lipinski definition) is 3. The third kappa shape index (κ3) is 10.3. The van der Waals surface area contributed by atoms with Crippen molar-refractivity contribution in [2.75, 3.05) is 0 Å². The molecule has 0 spiro atoms. The Bertz CT molecular complexity index is 1180. The fourth-order valence-corrected chi connectivity index (χ4v) is 5.58. The van der Waals surface area contributed by atoms with Gasteiger partial charge in [0, 0.05) is 16.8 Å². The van der Waals surface area contributed by atoms with E-state index in [-0.39, 0.29) is 11.7 Å². The fraction of sp³-hybridized carbons (Fsp3) is 0.529. The van der Waals surface area contributed by atoms with Crippen molar-refractivity contribution in [3.05, 3.63) is 64.7 Å². The van der Waals surface area contributed by atoms with Gasteiger partial charge in [-0.15, -0.1) is 0 Å². The Labute approximate surface area is 244 Å². The number of aromatic nitrogens is 1. The highest BCUT2D eigenvalue weighted by molar-refractivity contribution is 6.30. The Morgan fingerprint density at radius 2 is 1.27 bits per heavy atom. The number of ketones is 1. The van der Waals surface area contributed by atoms with Gasteiger partial charge in [0.15, 0.2) is 5.78 Å². The Balaban J connectivity index is 1.47. The summed E-state index contributed by atoms with van der Waals surface area (Å²) >= 11 is 6.04. The first kappa shape index (κ1) is 31.7. The van der Waals surface area contributed by atoms with Gasteiger partial charge in [0.05, 0.1) is 17.6 Å². The van der Waals surface area contributed by atoms with Gasteiger partial charge in [0.25, 0.3) is 0 Å². The zero-order valence-electron chi connectivity index (χ0n) is 24.1. The van der Waals surface area contributed by atoms with Gasteiger partial charge in [-0.25, -0.2) is 4.79 Å². The highest BCUT2D eigenvalue weighted by Crippen LogP contribution is 2.35. The summed E-state index contributed by atoms with van der Waals surface area (Å²) in [5.41, 5.74) is 2.06. The molecule has 0 aliphatic carbocycles. The van der Waals surface area contributed by atoms with Crippen LogP contribution in [0, 0.1) is 0 Å². The number of hydrogen-bond donors (Lipinski definition) is 1. The third-order valence-corrected chi connectivity index (χ3v) is 7.90. The Kier molecular flexibility index (Phi) is 14.1. The largest absolute Gasteiger partial charge is 0.512 e. The van der Waals surface area contributed by atoms with Gasteiger partial charge in [0.2, 0.25) is 5.88 Å². The second-order valence-corrected chi connectivity index (χ2v) is 11.3. The molecule has 1 N–H and O–H groups in total. The maximum Gasteiger partial charge on any atom is 0.512 e. The fourth-order valence-electron chi connectivity index (χ4n) is 5.45. The van der Waals surface area contributed by atoms with Gasteiger partial charge in [-0.05, 0) is 30.2 Å². The van der Waals surface area contributed by atoms with E-state index in [1.807, 2.05) is 36.4 Å². The summed E-state index contributed by atoms with van der Waals surface area (Å²) < 4.78 is 7.01. The minimum absolute atomic E-state index is 0.0722. The number of fused-ring (bicyclic) bond motifs is 1. The number of nitrogens with zero attached hydrogens (tertiary/aromatic N) is 1. The lowest BCUT2D eigenvalue weighted by Crippen LogP contribution is -2.12. The molecule has 0 aliphatic heterocycles. The molecule has 0 bridgehead atoms. The van der Waals surface area contributed by atoms with Crippen LogP contribution in [0.1, 0.15) is 126 Å². The van der Waals surface area contributed by atoms with E-state index in [2.05, 4.69) is 6.92 Å². The standard InChI is InChI=1S/C34H46ClNO4/c1-2-3-4-5-6-7-8-9-10-11-12-13-14-15-16-21-31(37)32-29-19-17-18-20-30(29)36(33(32)40-34(38)39)26-27-22-24-28(35)25-23-27/h17-20,22-25H,2-16,21,26H2,1H3,(H,38,39). The molecule has 0 radical (unpaired) electrons. The highest BCUT2D eigenvalue weighted by atomic mass is 35.5. The molecule has 218 valence electrons. The van der Waals surface area contributed by atoms with Crippen molar-refractivity contribution in [1.29, 1.82) is 0 Å². The second kappa shape index (κ2) is 17.8. The first-order chi connectivity index (χ1) is 19.5. The molecular formula is C34H46ClNO4. The summed E-state index contributed by atoms with van der Waals surface area (Å²) in [5, 5.41) is 10.8. The molecule has 6 heteroatoms. The molecule has 1 heterocycles. The molecule has 40 heavy (non-hydrogen) atoms. The molecule has 3 aromatic rings. The van der Waals surface area contributed by atoms with Gasteiger partial charge in [0.1, 0.15) is 0 Å². The maximum atomic E-state index is 13.4. The molecule has 0 amide bonds. The molecule has 0 unspecified atom stereocenters. The lowest BCUT2D eigenvalue weighted by molar-refractivity contribution is 0.0975. The van der Waals surface area contributed by atoms with E-state index in [1.54, 1.807) is 16.7 Å². The second-order valence-electron chi connectivity index (χ2n) is 10.9. The smallest absolute Gasteiger partial charge is 0.449 e. The monoisotopic (exact) mass is 567 g/mol. The molecule has 0 aliphatic rings. The van der Waals surface area contributed by atoms with E-state index >= 15 is 0 Å². The third-order valence-electron chi connectivity index (χ3n) is 7.65. The van der Waals surface area contributed by atoms with Crippen LogP contribution in [0.3, 0.4) is 0 Å². The van der Waals surface area contributed by atoms with Crippen LogP contribution in [0.15, 0.2) is 48.5 Å². The molecule has 0 atom stereocenters. The molecule has 0 saturated heterocycles. The number of Topliss-reactive ketones (excluding diaryl/α,β-unsaturated/α-hetero) is 1. The Morgan fingerprint density at radius 1 is 0.750 bits per heavy atom. The number of halogens is 1. The molecule has 0 saturated carbocycles. The van der Waals surface area contributed by atoms with E-state index in [0.29, 0.717) is 23.6 Å². The lowest BCUT2D eigenvalue weighted by Gasteiger charge is -2.11. The normalized spacial score (nSPS) is 11.2. The predicted molar refractivity (Wildman–Crippen MR) is 165 cm³/mol. The summed E-state index contributed by atoms with van der Waals surface area (Å²) in [6, 6.07) is 14.9. The number of para-hydroxylation sites is 1. The van der Waals surface area contributed by atoms with Crippen LogP contribution in [-0.4, -0.2) is 21.6 Å². The first-order valence-corrected chi connectivity index (χ1v) is 15.7. The van der Waals surface area contributed by atoms with Crippen LogP contribution in [-0.2, 0) is 6.54 Å². The van der Waals surface area contributed by atoms with Crippen LogP contribution in [0.2, 0.25) is 5.02 Å². The van der Waals surface area contributed by atoms with E-state index in [9.17, 15) is 14.7 Å². The van der Waals surface area contributed by atoms with E-state index in [1.165, 1.54) is 77.0 Å². The number of ether oxygens (including phenoxy) is 1. The number of carbonyl (C=O) groups excluding carboxylic acids is 1. The first-order valence-electron chi connectivity index (χ1n) is 15.3. The SMILES string of the molecule is CCCCCCCCCCCCCCCCCC(=O)c1c(OC(=O)O)n(Cc2ccc(Cl)cc2)c2ccccc12. The predicted octanol–water partition coefficient (Wildman–Crippen LogP) is 10.8. The van der Waals surface area contributed by atoms with Gasteiger partial charge >= 0.3 is 6.16 Å². The van der Waals surface area contributed by atoms with Gasteiger partial charge in [-0.2, -0.15) is 0 Å². The zero-order valence-corrected chi connectivity index (χ0v) is 24.9. The highest BCUT2D eigenvalue weighted by Gasteiger charge is 2.25. The summed E-state index contributed by atoms with van der Waals surface area (Å²) in [7, 11) is 0. The summed E-state index contributed by atoms with van der Waals surface area (Å²) in [5.74, 6) is 0.0200. The molecule has 2 aromatic carbocycles. The average Bonchev–Trinajstić information content (AvgIpc) is 3.24. The van der Waals surface area contributed by atoms with Crippen LogP contribution in [0.5, 0.6) is 5.88 Å². The van der Waals surface area contributed by atoms with Crippen molar-refractivity contribution < 1.29 is 19.4 Å². The minimum atomic E-state index is -1.43. The molecular weight excluding hydrogens is 522 g/mol. The van der Waals surface area contributed by atoms with Gasteiger partial charge in [-0.3, -0.25) is 4.79 Å². The van der Waals surface area contributed by atoms with Crippen LogP contribution < -0.4 is 4.74 Å². The van der Waals surface area contributed by atoms with Crippen molar-refractivity contribution in [3.63, 3.8) is 0 Å². The van der Waals surface area contributed by atoms with Crippen molar-refractivity contribution in [2.45, 2.75) is 116 Å². The number of unbranched alkanes of at least 4 members (excludes halogenated alkanes) is 14. The van der Waals surface area contributed by atoms with E-state index in [0.717, 1.165) is 35.7 Å². The van der Waals surface area contributed by atoms with Crippen molar-refractivity contribution >= 4 is 34.4 Å². The number of carboxylic acid groups (broad SMARTS) is 1. The van der Waals surface area contributed by atoms with E-state index in [4.69, 9.17) is 16.3 Å². The minimum Gasteiger partial charge on any atom is -0.449 e. The average molecular weight is 568 g/mol. The number of carbonyl (C=O) groups is 2. The molecule has 0 fully saturated rings. The van der Waals surface area contributed by atoms with Gasteiger partial charge in [-0.1, -0.05) is 139 Å². The van der Waals surface area contributed by atoms with Crippen LogP contribution >= 0.6 is 11.6 Å². The Morgan fingerprint density at radius 3 is 1.82 bits per heavy atom. The number of rotatable bonds is 20. The van der Waals surface area contributed by atoms with E-state index < -0.39 is 6.16 Å². The number of benzene rings is 2. The van der Waals surface area contributed by atoms with Crippen LogP contribution in [0.25, 0.3) is 10.9 Å².